The Labute approximate surface area is 52.8 Å². The van der Waals surface area contributed by atoms with Crippen molar-refractivity contribution in [3.8, 4) is 0 Å². The second-order valence-corrected chi connectivity index (χ2v) is 2.25. The van der Waals surface area contributed by atoms with E-state index in [1.807, 2.05) is 0 Å². The third-order valence-corrected chi connectivity index (χ3v) is 1.41. The molecule has 0 amide bonds. The highest BCUT2D eigenvalue weighted by atomic mass is 16.6. The average Bonchev–Trinajstić information content (AvgIpc) is 2.10. The summed E-state index contributed by atoms with van der Waals surface area (Å²) in [6, 6.07) is -0.556. The highest BCUT2D eigenvalue weighted by Gasteiger charge is 2.31. The second kappa shape index (κ2) is 2.41. The Kier molecular flexibility index (Phi) is 1.78. The van der Waals surface area contributed by atoms with Gasteiger partial charge in [-0.1, -0.05) is 5.18 Å². The van der Waals surface area contributed by atoms with Gasteiger partial charge in [0, 0.05) is 6.42 Å². The van der Waals surface area contributed by atoms with Crippen LogP contribution in [-0.4, -0.2) is 23.5 Å². The zero-order valence-electron chi connectivity index (χ0n) is 5.15. The fraction of sp³-hybridized carbons (Fsp3) is 1.00. The molecule has 0 saturated carbocycles. The van der Waals surface area contributed by atoms with Crippen LogP contribution in [0.5, 0.6) is 0 Å². The monoisotopic (exact) mass is 131 g/mol. The number of hydrogen-bond donors (Lipinski definition) is 1. The minimum atomic E-state index is -0.975. The Hall–Kier alpha value is -0.480. The van der Waals surface area contributed by atoms with E-state index in [1.54, 1.807) is 6.92 Å². The highest BCUT2D eigenvalue weighted by molar-refractivity contribution is 4.78. The molecule has 0 aromatic heterocycles. The molecule has 1 rings (SSSR count). The summed E-state index contributed by atoms with van der Waals surface area (Å²) in [4.78, 5) is 9.87. The van der Waals surface area contributed by atoms with E-state index >= 15 is 0 Å². The van der Waals surface area contributed by atoms with Crippen LogP contribution >= 0.6 is 0 Å². The molecule has 1 heterocycles. The van der Waals surface area contributed by atoms with Gasteiger partial charge < -0.3 is 9.84 Å². The number of nitrogens with zero attached hydrogens (tertiary/aromatic N) is 1. The topological polar surface area (TPSA) is 58.9 Å². The summed E-state index contributed by atoms with van der Waals surface area (Å²) in [5.74, 6) is 0. The van der Waals surface area contributed by atoms with Crippen molar-refractivity contribution in [2.24, 2.45) is 5.18 Å². The highest BCUT2D eigenvalue weighted by Crippen LogP contribution is 2.20. The van der Waals surface area contributed by atoms with Gasteiger partial charge >= 0.3 is 0 Å². The lowest BCUT2D eigenvalue weighted by Gasteiger charge is -2.02. The van der Waals surface area contributed by atoms with E-state index in [0.29, 0.717) is 6.42 Å². The van der Waals surface area contributed by atoms with Gasteiger partial charge in [-0.15, -0.1) is 0 Å². The lowest BCUT2D eigenvalue weighted by molar-refractivity contribution is -0.0906. The molecule has 1 aliphatic heterocycles. The predicted octanol–water partition coefficient (Wildman–Crippen LogP) is 0.249. The van der Waals surface area contributed by atoms with Crippen LogP contribution in [0.1, 0.15) is 13.3 Å². The Morgan fingerprint density at radius 2 is 2.44 bits per heavy atom. The average molecular weight is 131 g/mol. The minimum absolute atomic E-state index is 0.0392. The van der Waals surface area contributed by atoms with Crippen LogP contribution in [0.4, 0.5) is 0 Å². The molecule has 0 aliphatic carbocycles. The zero-order valence-corrected chi connectivity index (χ0v) is 5.15. The smallest absolute Gasteiger partial charge is 0.181 e. The first-order valence-corrected chi connectivity index (χ1v) is 2.90. The maximum absolute atomic E-state index is 9.87. The van der Waals surface area contributed by atoms with Crippen LogP contribution in [0.2, 0.25) is 0 Å². The molecule has 9 heavy (non-hydrogen) atoms. The maximum Gasteiger partial charge on any atom is 0.181 e. The van der Waals surface area contributed by atoms with Gasteiger partial charge in [-0.05, 0) is 6.92 Å². The van der Waals surface area contributed by atoms with Crippen LogP contribution in [0.3, 0.4) is 0 Å². The summed E-state index contributed by atoms with van der Waals surface area (Å²) in [6.45, 7) is 1.80. The molecule has 4 heteroatoms. The number of aliphatic hydroxyl groups excluding tert-OH is 1. The van der Waals surface area contributed by atoms with Crippen molar-refractivity contribution in [2.75, 3.05) is 0 Å². The largest absolute Gasteiger partial charge is 0.366 e. The van der Waals surface area contributed by atoms with E-state index in [-0.39, 0.29) is 6.10 Å². The summed E-state index contributed by atoms with van der Waals surface area (Å²) in [5.41, 5.74) is 0. The third-order valence-electron chi connectivity index (χ3n) is 1.41. The van der Waals surface area contributed by atoms with Gasteiger partial charge in [0.15, 0.2) is 6.29 Å². The second-order valence-electron chi connectivity index (χ2n) is 2.25. The molecule has 0 radical (unpaired) electrons. The first-order chi connectivity index (χ1) is 4.24. The van der Waals surface area contributed by atoms with Crippen molar-refractivity contribution in [3.63, 3.8) is 0 Å². The molecule has 52 valence electrons. The van der Waals surface area contributed by atoms with E-state index < -0.39 is 12.3 Å². The zero-order chi connectivity index (χ0) is 6.85. The standard InChI is InChI=1S/C5H9NO3/c1-3-2-4(6-8)5(7)9-3/h3-5,7H,2H2,1H3/t3-,4+,5-/m1/s1. The van der Waals surface area contributed by atoms with Crippen molar-refractivity contribution in [1.29, 1.82) is 0 Å². The fourth-order valence-electron chi connectivity index (χ4n) is 0.936. The first-order valence-electron chi connectivity index (χ1n) is 2.90. The summed E-state index contributed by atoms with van der Waals surface area (Å²) in [5, 5.41) is 11.5. The molecule has 0 bridgehead atoms. The Morgan fingerprint density at radius 3 is 2.67 bits per heavy atom. The molecule has 1 saturated heterocycles. The van der Waals surface area contributed by atoms with E-state index in [0.717, 1.165) is 0 Å². The van der Waals surface area contributed by atoms with Crippen molar-refractivity contribution in [2.45, 2.75) is 31.8 Å². The Bertz CT molecular complexity index is 117. The molecule has 4 nitrogen and oxygen atoms in total. The number of nitroso groups, excluding NO2 is 1. The van der Waals surface area contributed by atoms with Gasteiger partial charge in [0.1, 0.15) is 6.04 Å². The van der Waals surface area contributed by atoms with Gasteiger partial charge in [-0.2, -0.15) is 4.91 Å². The molecule has 0 aromatic carbocycles. The molecule has 1 aliphatic rings. The summed E-state index contributed by atoms with van der Waals surface area (Å²) in [6.07, 6.45) is -0.481. The number of hydrogen-bond acceptors (Lipinski definition) is 4. The lowest BCUT2D eigenvalue weighted by Crippen LogP contribution is -2.17. The van der Waals surface area contributed by atoms with Gasteiger partial charge in [0.05, 0.1) is 6.10 Å². The molecule has 0 unspecified atom stereocenters. The van der Waals surface area contributed by atoms with E-state index in [1.165, 1.54) is 0 Å². The van der Waals surface area contributed by atoms with Crippen molar-refractivity contribution >= 4 is 0 Å². The minimum Gasteiger partial charge on any atom is -0.366 e. The number of aliphatic hydroxyl groups is 1. The van der Waals surface area contributed by atoms with Gasteiger partial charge in [0.2, 0.25) is 0 Å². The molecular weight excluding hydrogens is 122 g/mol. The van der Waals surface area contributed by atoms with Crippen molar-refractivity contribution in [1.82, 2.24) is 0 Å². The van der Waals surface area contributed by atoms with Gasteiger partial charge in [-0.3, -0.25) is 0 Å². The normalized spacial score (nSPS) is 43.1. The molecular formula is C5H9NO3. The van der Waals surface area contributed by atoms with Crippen LogP contribution in [-0.2, 0) is 4.74 Å². The van der Waals surface area contributed by atoms with Crippen molar-refractivity contribution in [3.05, 3.63) is 4.91 Å². The van der Waals surface area contributed by atoms with Crippen LogP contribution < -0.4 is 0 Å². The molecule has 1 N–H and O–H groups in total. The first kappa shape index (κ1) is 6.64. The van der Waals surface area contributed by atoms with Crippen LogP contribution in [0, 0.1) is 4.91 Å². The molecule has 0 aromatic rings. The summed E-state index contributed by atoms with van der Waals surface area (Å²) >= 11 is 0. The van der Waals surface area contributed by atoms with Crippen LogP contribution in [0.25, 0.3) is 0 Å². The SMILES string of the molecule is C[C@@H]1C[C@H](N=O)[C@H](O)O1. The molecule has 1 fully saturated rings. The number of ether oxygens (including phenoxy) is 1. The van der Waals surface area contributed by atoms with E-state index in [9.17, 15) is 4.91 Å². The maximum atomic E-state index is 9.87. The van der Waals surface area contributed by atoms with Gasteiger partial charge in [0.25, 0.3) is 0 Å². The van der Waals surface area contributed by atoms with Crippen molar-refractivity contribution < 1.29 is 9.84 Å². The molecule has 0 spiro atoms. The van der Waals surface area contributed by atoms with Gasteiger partial charge in [-0.25, -0.2) is 0 Å². The summed E-state index contributed by atoms with van der Waals surface area (Å²) < 4.78 is 4.83. The van der Waals surface area contributed by atoms with E-state index in [4.69, 9.17) is 9.84 Å². The third kappa shape index (κ3) is 1.25. The fourth-order valence-corrected chi connectivity index (χ4v) is 0.936. The number of rotatable bonds is 1. The summed E-state index contributed by atoms with van der Waals surface area (Å²) in [7, 11) is 0. The Morgan fingerprint density at radius 1 is 1.78 bits per heavy atom. The van der Waals surface area contributed by atoms with Crippen LogP contribution in [0.15, 0.2) is 5.18 Å². The predicted molar refractivity (Wildman–Crippen MR) is 30.8 cm³/mol. The Balaban J connectivity index is 2.47. The quantitative estimate of drug-likeness (QED) is 0.519. The lowest BCUT2D eigenvalue weighted by atomic mass is 10.2. The molecule has 3 atom stereocenters. The van der Waals surface area contributed by atoms with E-state index in [2.05, 4.69) is 5.18 Å².